The van der Waals surface area contributed by atoms with E-state index in [9.17, 15) is 9.59 Å². The maximum atomic E-state index is 13.3. The zero-order chi connectivity index (χ0) is 17.4. The summed E-state index contributed by atoms with van der Waals surface area (Å²) in [6.45, 7) is 2.98. The quantitative estimate of drug-likeness (QED) is 0.916. The Morgan fingerprint density at radius 2 is 1.96 bits per heavy atom. The van der Waals surface area contributed by atoms with Crippen molar-refractivity contribution >= 4 is 23.2 Å². The molecule has 0 unspecified atom stereocenters. The molecule has 1 fully saturated rings. The number of benzene rings is 1. The van der Waals surface area contributed by atoms with Gasteiger partial charge in [0.2, 0.25) is 5.91 Å². The van der Waals surface area contributed by atoms with Crippen LogP contribution in [-0.4, -0.2) is 29.3 Å². The Kier molecular flexibility index (Phi) is 4.34. The highest BCUT2D eigenvalue weighted by atomic mass is 32.1. The SMILES string of the molecule is CCNC(=O)[C@H]1Cc2ccccc2CN1C(=O)c1sccc1C1CC1. The zero-order valence-corrected chi connectivity index (χ0v) is 15.1. The van der Waals surface area contributed by atoms with E-state index in [2.05, 4.69) is 23.5 Å². The van der Waals surface area contributed by atoms with Crippen LogP contribution in [0, 0.1) is 0 Å². The molecule has 0 spiro atoms. The van der Waals surface area contributed by atoms with Crippen LogP contribution in [0.2, 0.25) is 0 Å². The number of fused-ring (bicyclic) bond motifs is 1. The standard InChI is InChI=1S/C20H22N2O2S/c1-2-21-19(23)17-11-14-5-3-4-6-15(14)12-22(17)20(24)18-16(9-10-25-18)13-7-8-13/h3-6,9-10,13,17H,2,7-8,11-12H2,1H3,(H,21,23)/t17-/m1/s1. The van der Waals surface area contributed by atoms with Gasteiger partial charge < -0.3 is 10.2 Å². The Bertz CT molecular complexity index is 810. The van der Waals surface area contributed by atoms with Gasteiger partial charge in [-0.15, -0.1) is 11.3 Å². The van der Waals surface area contributed by atoms with Crippen molar-refractivity contribution in [3.8, 4) is 0 Å². The highest BCUT2D eigenvalue weighted by molar-refractivity contribution is 7.12. The first kappa shape index (κ1) is 16.3. The minimum atomic E-state index is -0.434. The van der Waals surface area contributed by atoms with Crippen molar-refractivity contribution in [2.24, 2.45) is 0 Å². The fourth-order valence-corrected chi connectivity index (χ4v) is 4.54. The van der Waals surface area contributed by atoms with Gasteiger partial charge in [0.1, 0.15) is 6.04 Å². The van der Waals surface area contributed by atoms with Gasteiger partial charge in [-0.25, -0.2) is 0 Å². The van der Waals surface area contributed by atoms with Crippen molar-refractivity contribution in [2.75, 3.05) is 6.54 Å². The molecule has 1 saturated carbocycles. The monoisotopic (exact) mass is 354 g/mol. The van der Waals surface area contributed by atoms with Gasteiger partial charge >= 0.3 is 0 Å². The largest absolute Gasteiger partial charge is 0.355 e. The minimum Gasteiger partial charge on any atom is -0.355 e. The minimum absolute atomic E-state index is 0.00246. The number of nitrogens with one attached hydrogen (secondary N) is 1. The third kappa shape index (κ3) is 3.09. The van der Waals surface area contributed by atoms with E-state index >= 15 is 0 Å². The fourth-order valence-electron chi connectivity index (χ4n) is 3.60. The Hall–Kier alpha value is -2.14. The fraction of sp³-hybridized carbons (Fsp3) is 0.400. The van der Waals surface area contributed by atoms with E-state index in [4.69, 9.17) is 0 Å². The second kappa shape index (κ2) is 6.64. The third-order valence-corrected chi connectivity index (χ3v) is 5.99. The summed E-state index contributed by atoms with van der Waals surface area (Å²) in [5.74, 6) is 0.475. The van der Waals surface area contributed by atoms with Crippen LogP contribution >= 0.6 is 11.3 Å². The molecule has 2 heterocycles. The zero-order valence-electron chi connectivity index (χ0n) is 14.3. The van der Waals surface area contributed by atoms with Crippen molar-refractivity contribution in [3.63, 3.8) is 0 Å². The maximum Gasteiger partial charge on any atom is 0.265 e. The number of rotatable bonds is 4. The average Bonchev–Trinajstić information content (AvgIpc) is 3.36. The van der Waals surface area contributed by atoms with Crippen molar-refractivity contribution < 1.29 is 9.59 Å². The van der Waals surface area contributed by atoms with Gasteiger partial charge in [-0.05, 0) is 53.8 Å². The molecule has 1 atom stereocenters. The van der Waals surface area contributed by atoms with Gasteiger partial charge in [0, 0.05) is 19.5 Å². The summed E-state index contributed by atoms with van der Waals surface area (Å²) in [6, 6.07) is 9.75. The van der Waals surface area contributed by atoms with Gasteiger partial charge in [-0.3, -0.25) is 9.59 Å². The molecule has 0 saturated heterocycles. The van der Waals surface area contributed by atoms with Crippen molar-refractivity contribution in [3.05, 3.63) is 57.3 Å². The Morgan fingerprint density at radius 3 is 2.68 bits per heavy atom. The van der Waals surface area contributed by atoms with Crippen LogP contribution in [0.1, 0.15) is 52.0 Å². The van der Waals surface area contributed by atoms with Crippen LogP contribution < -0.4 is 5.32 Å². The molecule has 4 nitrogen and oxygen atoms in total. The first-order valence-corrected chi connectivity index (χ1v) is 9.79. The van der Waals surface area contributed by atoms with Crippen LogP contribution in [0.15, 0.2) is 35.7 Å². The van der Waals surface area contributed by atoms with E-state index in [1.54, 1.807) is 4.90 Å². The molecule has 25 heavy (non-hydrogen) atoms. The van der Waals surface area contributed by atoms with E-state index in [1.165, 1.54) is 29.7 Å². The Morgan fingerprint density at radius 1 is 1.20 bits per heavy atom. The van der Waals surface area contributed by atoms with Crippen LogP contribution in [-0.2, 0) is 17.8 Å². The predicted molar refractivity (Wildman–Crippen MR) is 98.8 cm³/mol. The predicted octanol–water partition coefficient (Wildman–Crippen LogP) is 3.33. The van der Waals surface area contributed by atoms with Crippen LogP contribution in [0.4, 0.5) is 0 Å². The smallest absolute Gasteiger partial charge is 0.265 e. The molecule has 1 N–H and O–H groups in total. The molecular formula is C20H22N2O2S. The summed E-state index contributed by atoms with van der Waals surface area (Å²) in [4.78, 5) is 28.5. The number of amides is 2. The van der Waals surface area contributed by atoms with Crippen LogP contribution in [0.25, 0.3) is 0 Å². The van der Waals surface area contributed by atoms with E-state index in [0.717, 1.165) is 16.0 Å². The molecule has 2 aliphatic rings. The number of thiophene rings is 1. The second-order valence-electron chi connectivity index (χ2n) is 6.80. The van der Waals surface area contributed by atoms with Crippen molar-refractivity contribution in [2.45, 2.75) is 44.7 Å². The molecule has 2 aromatic rings. The van der Waals surface area contributed by atoms with Crippen LogP contribution in [0.5, 0.6) is 0 Å². The summed E-state index contributed by atoms with van der Waals surface area (Å²) < 4.78 is 0. The summed E-state index contributed by atoms with van der Waals surface area (Å²) in [6.07, 6.45) is 2.91. The molecule has 1 aromatic heterocycles. The molecule has 0 bridgehead atoms. The number of carbonyl (C=O) groups is 2. The van der Waals surface area contributed by atoms with Gasteiger partial charge in [0.15, 0.2) is 0 Å². The molecule has 1 aromatic carbocycles. The molecule has 5 heteroatoms. The molecular weight excluding hydrogens is 332 g/mol. The number of carbonyl (C=O) groups excluding carboxylic acids is 2. The highest BCUT2D eigenvalue weighted by Gasteiger charge is 2.37. The lowest BCUT2D eigenvalue weighted by atomic mass is 9.93. The average molecular weight is 354 g/mol. The first-order chi connectivity index (χ1) is 12.2. The van der Waals surface area contributed by atoms with E-state index in [1.807, 2.05) is 24.4 Å². The second-order valence-corrected chi connectivity index (χ2v) is 7.71. The van der Waals surface area contributed by atoms with Crippen LogP contribution in [0.3, 0.4) is 0 Å². The van der Waals surface area contributed by atoms with E-state index in [-0.39, 0.29) is 11.8 Å². The molecule has 1 aliphatic heterocycles. The highest BCUT2D eigenvalue weighted by Crippen LogP contribution is 2.43. The summed E-state index contributed by atoms with van der Waals surface area (Å²) in [5, 5.41) is 4.90. The topological polar surface area (TPSA) is 49.4 Å². The first-order valence-electron chi connectivity index (χ1n) is 8.92. The lowest BCUT2D eigenvalue weighted by Crippen LogP contribution is -2.52. The Labute approximate surface area is 151 Å². The lowest BCUT2D eigenvalue weighted by molar-refractivity contribution is -0.126. The normalized spacial score (nSPS) is 19.4. The summed E-state index contributed by atoms with van der Waals surface area (Å²) in [5.41, 5.74) is 3.47. The number of nitrogens with zero attached hydrogens (tertiary/aromatic N) is 1. The molecule has 4 rings (SSSR count). The molecule has 1 aliphatic carbocycles. The van der Waals surface area contributed by atoms with E-state index < -0.39 is 6.04 Å². The molecule has 2 amide bonds. The molecule has 0 radical (unpaired) electrons. The number of hydrogen-bond acceptors (Lipinski definition) is 3. The number of hydrogen-bond donors (Lipinski definition) is 1. The van der Waals surface area contributed by atoms with Gasteiger partial charge in [-0.1, -0.05) is 24.3 Å². The van der Waals surface area contributed by atoms with Crippen molar-refractivity contribution in [1.29, 1.82) is 0 Å². The summed E-state index contributed by atoms with van der Waals surface area (Å²) in [7, 11) is 0. The summed E-state index contributed by atoms with van der Waals surface area (Å²) >= 11 is 1.51. The van der Waals surface area contributed by atoms with Gasteiger partial charge in [0.05, 0.1) is 4.88 Å². The van der Waals surface area contributed by atoms with E-state index in [0.29, 0.717) is 25.4 Å². The maximum absolute atomic E-state index is 13.3. The molecule has 130 valence electrons. The van der Waals surface area contributed by atoms with Gasteiger partial charge in [-0.2, -0.15) is 0 Å². The number of likely N-dealkylation sites (N-methyl/N-ethyl adjacent to an activating group) is 1. The lowest BCUT2D eigenvalue weighted by Gasteiger charge is -2.36. The Balaban J connectivity index is 1.68. The van der Waals surface area contributed by atoms with Gasteiger partial charge in [0.25, 0.3) is 5.91 Å². The third-order valence-electron chi connectivity index (χ3n) is 5.07. The van der Waals surface area contributed by atoms with Crippen molar-refractivity contribution in [1.82, 2.24) is 10.2 Å².